The van der Waals surface area contributed by atoms with Crippen molar-refractivity contribution in [3.8, 4) is 5.75 Å². The molecule has 0 radical (unpaired) electrons. The van der Waals surface area contributed by atoms with E-state index in [1.807, 2.05) is 38.1 Å². The third-order valence-electron chi connectivity index (χ3n) is 4.87. The number of nitrogens with zero attached hydrogens (tertiary/aromatic N) is 1. The number of amides is 1. The Morgan fingerprint density at radius 1 is 1.23 bits per heavy atom. The summed E-state index contributed by atoms with van der Waals surface area (Å²) in [6, 6.07) is 7.90. The van der Waals surface area contributed by atoms with E-state index in [1.165, 1.54) is 0 Å². The molecule has 0 aliphatic carbocycles. The molecular weight excluding hydrogens is 326 g/mol. The summed E-state index contributed by atoms with van der Waals surface area (Å²) in [7, 11) is 0. The SMILES string of the molecule is CC(C)COc1ccc(C(C)(C)C(=O)NCCCN2CCNCC2)cc1. The Labute approximate surface area is 158 Å². The largest absolute Gasteiger partial charge is 0.493 e. The van der Waals surface area contributed by atoms with Crippen LogP contribution in [-0.4, -0.2) is 56.7 Å². The van der Waals surface area contributed by atoms with Crippen molar-refractivity contribution in [2.75, 3.05) is 45.9 Å². The number of carbonyl (C=O) groups is 1. The number of hydrogen-bond acceptors (Lipinski definition) is 4. The fourth-order valence-electron chi connectivity index (χ4n) is 3.02. The minimum absolute atomic E-state index is 0.0775. The van der Waals surface area contributed by atoms with Gasteiger partial charge in [-0.2, -0.15) is 0 Å². The maximum atomic E-state index is 12.7. The summed E-state index contributed by atoms with van der Waals surface area (Å²) >= 11 is 0. The molecule has 1 aromatic carbocycles. The molecule has 5 nitrogen and oxygen atoms in total. The van der Waals surface area contributed by atoms with Crippen LogP contribution in [0.25, 0.3) is 0 Å². The molecule has 1 aromatic rings. The normalized spacial score (nSPS) is 15.9. The molecule has 26 heavy (non-hydrogen) atoms. The zero-order valence-corrected chi connectivity index (χ0v) is 16.8. The summed E-state index contributed by atoms with van der Waals surface area (Å²) in [5.74, 6) is 1.43. The van der Waals surface area contributed by atoms with E-state index >= 15 is 0 Å². The molecule has 2 N–H and O–H groups in total. The molecular formula is C21H35N3O2. The van der Waals surface area contributed by atoms with Gasteiger partial charge in [0, 0.05) is 32.7 Å². The molecule has 1 saturated heterocycles. The highest BCUT2D eigenvalue weighted by Crippen LogP contribution is 2.25. The molecule has 1 heterocycles. The molecule has 2 rings (SSSR count). The fourth-order valence-corrected chi connectivity index (χ4v) is 3.02. The van der Waals surface area contributed by atoms with Crippen LogP contribution in [0.4, 0.5) is 0 Å². The van der Waals surface area contributed by atoms with E-state index in [2.05, 4.69) is 29.4 Å². The third kappa shape index (κ3) is 6.29. The highest BCUT2D eigenvalue weighted by molar-refractivity contribution is 5.87. The van der Waals surface area contributed by atoms with Crippen molar-refractivity contribution >= 4 is 5.91 Å². The average molecular weight is 362 g/mol. The number of rotatable bonds is 9. The van der Waals surface area contributed by atoms with Gasteiger partial charge in [0.1, 0.15) is 5.75 Å². The smallest absolute Gasteiger partial charge is 0.230 e. The lowest BCUT2D eigenvalue weighted by Crippen LogP contribution is -2.45. The van der Waals surface area contributed by atoms with Gasteiger partial charge in [-0.05, 0) is 50.4 Å². The maximum absolute atomic E-state index is 12.7. The van der Waals surface area contributed by atoms with Gasteiger partial charge >= 0.3 is 0 Å². The number of nitrogens with one attached hydrogen (secondary N) is 2. The first kappa shape index (κ1) is 20.7. The van der Waals surface area contributed by atoms with Crippen molar-refractivity contribution in [1.29, 1.82) is 0 Å². The highest BCUT2D eigenvalue weighted by atomic mass is 16.5. The van der Waals surface area contributed by atoms with Crippen molar-refractivity contribution in [3.05, 3.63) is 29.8 Å². The van der Waals surface area contributed by atoms with E-state index in [-0.39, 0.29) is 5.91 Å². The molecule has 0 saturated carbocycles. The van der Waals surface area contributed by atoms with E-state index in [0.717, 1.165) is 57.0 Å². The van der Waals surface area contributed by atoms with Crippen LogP contribution in [0.5, 0.6) is 5.75 Å². The molecule has 1 aliphatic rings. The second kappa shape index (κ2) is 9.93. The summed E-state index contributed by atoms with van der Waals surface area (Å²) < 4.78 is 5.72. The minimum Gasteiger partial charge on any atom is -0.493 e. The van der Waals surface area contributed by atoms with Crippen molar-refractivity contribution < 1.29 is 9.53 Å². The van der Waals surface area contributed by atoms with E-state index < -0.39 is 5.41 Å². The molecule has 1 aliphatic heterocycles. The summed E-state index contributed by atoms with van der Waals surface area (Å²) in [5.41, 5.74) is 0.458. The lowest BCUT2D eigenvalue weighted by Gasteiger charge is -2.28. The number of benzene rings is 1. The lowest BCUT2D eigenvalue weighted by atomic mass is 9.83. The molecule has 0 bridgehead atoms. The zero-order valence-electron chi connectivity index (χ0n) is 16.8. The number of hydrogen-bond donors (Lipinski definition) is 2. The van der Waals surface area contributed by atoms with Gasteiger partial charge < -0.3 is 20.3 Å². The molecule has 0 spiro atoms. The van der Waals surface area contributed by atoms with Crippen LogP contribution in [-0.2, 0) is 10.2 Å². The van der Waals surface area contributed by atoms with Gasteiger partial charge in [0.15, 0.2) is 0 Å². The third-order valence-corrected chi connectivity index (χ3v) is 4.87. The van der Waals surface area contributed by atoms with Gasteiger partial charge in [-0.1, -0.05) is 26.0 Å². The fraction of sp³-hybridized carbons (Fsp3) is 0.667. The Hall–Kier alpha value is -1.59. The number of ether oxygens (including phenoxy) is 1. The standard InChI is InChI=1S/C21H35N3O2/c1-17(2)16-26-19-8-6-18(7-9-19)21(3,4)20(25)23-10-5-13-24-14-11-22-12-15-24/h6-9,17,22H,5,10-16H2,1-4H3,(H,23,25). The van der Waals surface area contributed by atoms with Gasteiger partial charge in [-0.25, -0.2) is 0 Å². The van der Waals surface area contributed by atoms with Gasteiger partial charge in [0.2, 0.25) is 5.91 Å². The topological polar surface area (TPSA) is 53.6 Å². The van der Waals surface area contributed by atoms with Gasteiger partial charge in [-0.15, -0.1) is 0 Å². The monoisotopic (exact) mass is 361 g/mol. The molecule has 1 amide bonds. The maximum Gasteiger partial charge on any atom is 0.230 e. The van der Waals surface area contributed by atoms with Crippen LogP contribution < -0.4 is 15.4 Å². The summed E-state index contributed by atoms with van der Waals surface area (Å²) in [6.07, 6.45) is 0.990. The average Bonchev–Trinajstić information content (AvgIpc) is 2.64. The summed E-state index contributed by atoms with van der Waals surface area (Å²) in [4.78, 5) is 15.1. The van der Waals surface area contributed by atoms with Crippen molar-refractivity contribution in [1.82, 2.24) is 15.5 Å². The van der Waals surface area contributed by atoms with Gasteiger partial charge in [0.25, 0.3) is 0 Å². The van der Waals surface area contributed by atoms with E-state index in [4.69, 9.17) is 4.74 Å². The first-order valence-corrected chi connectivity index (χ1v) is 9.84. The van der Waals surface area contributed by atoms with Crippen LogP contribution in [0.2, 0.25) is 0 Å². The highest BCUT2D eigenvalue weighted by Gasteiger charge is 2.29. The van der Waals surface area contributed by atoms with E-state index in [9.17, 15) is 4.79 Å². The first-order chi connectivity index (χ1) is 12.4. The molecule has 146 valence electrons. The Morgan fingerprint density at radius 2 is 1.88 bits per heavy atom. The predicted octanol–water partition coefficient (Wildman–Crippen LogP) is 2.41. The molecule has 0 atom stereocenters. The van der Waals surface area contributed by atoms with E-state index in [0.29, 0.717) is 12.5 Å². The lowest BCUT2D eigenvalue weighted by molar-refractivity contribution is -0.125. The van der Waals surface area contributed by atoms with Gasteiger partial charge in [0.05, 0.1) is 12.0 Å². The number of carbonyl (C=O) groups excluding carboxylic acids is 1. The number of piperazine rings is 1. The van der Waals surface area contributed by atoms with Crippen molar-refractivity contribution in [2.45, 2.75) is 39.5 Å². The van der Waals surface area contributed by atoms with E-state index in [1.54, 1.807) is 0 Å². The van der Waals surface area contributed by atoms with Crippen LogP contribution in [0.15, 0.2) is 24.3 Å². The Balaban J connectivity index is 1.78. The Bertz CT molecular complexity index is 549. The van der Waals surface area contributed by atoms with Gasteiger partial charge in [-0.3, -0.25) is 4.79 Å². The Morgan fingerprint density at radius 3 is 2.50 bits per heavy atom. The minimum atomic E-state index is -0.550. The molecule has 0 aromatic heterocycles. The summed E-state index contributed by atoms with van der Waals surface area (Å²) in [5, 5.41) is 6.46. The summed E-state index contributed by atoms with van der Waals surface area (Å²) in [6.45, 7) is 15.0. The Kier molecular flexibility index (Phi) is 7.91. The predicted molar refractivity (Wildman–Crippen MR) is 107 cm³/mol. The van der Waals surface area contributed by atoms with Crippen molar-refractivity contribution in [3.63, 3.8) is 0 Å². The zero-order chi connectivity index (χ0) is 19.0. The quantitative estimate of drug-likeness (QED) is 0.663. The van der Waals surface area contributed by atoms with Crippen molar-refractivity contribution in [2.24, 2.45) is 5.92 Å². The van der Waals surface area contributed by atoms with Crippen LogP contribution >= 0.6 is 0 Å². The first-order valence-electron chi connectivity index (χ1n) is 9.84. The molecule has 1 fully saturated rings. The second-order valence-corrected chi connectivity index (χ2v) is 8.06. The second-order valence-electron chi connectivity index (χ2n) is 8.06. The van der Waals surface area contributed by atoms with Crippen LogP contribution in [0, 0.1) is 5.92 Å². The van der Waals surface area contributed by atoms with Crippen LogP contribution in [0.3, 0.4) is 0 Å². The molecule has 5 heteroatoms. The van der Waals surface area contributed by atoms with Crippen LogP contribution in [0.1, 0.15) is 39.7 Å². The molecule has 0 unspecified atom stereocenters.